The summed E-state index contributed by atoms with van der Waals surface area (Å²) >= 11 is 0. The number of fused-ring (bicyclic) bond motifs is 3. The highest BCUT2D eigenvalue weighted by molar-refractivity contribution is 6.21. The Balaban J connectivity index is 1.45. The second-order valence-corrected chi connectivity index (χ2v) is 11.8. The van der Waals surface area contributed by atoms with Gasteiger partial charge in [0.2, 0.25) is 0 Å². The van der Waals surface area contributed by atoms with E-state index in [9.17, 15) is 0 Å². The second-order valence-electron chi connectivity index (χ2n) is 11.8. The maximum absolute atomic E-state index is 2.37. The minimum atomic E-state index is 0.133. The summed E-state index contributed by atoms with van der Waals surface area (Å²) in [6, 6.07) is 51.3. The summed E-state index contributed by atoms with van der Waals surface area (Å²) in [4.78, 5) is 0. The Morgan fingerprint density at radius 3 is 1.35 bits per heavy atom. The average molecular weight is 513 g/mol. The van der Waals surface area contributed by atoms with Crippen LogP contribution in [0.15, 0.2) is 140 Å². The van der Waals surface area contributed by atoms with Crippen LogP contribution in [0.2, 0.25) is 0 Å². The monoisotopic (exact) mass is 512 g/mol. The minimum Gasteiger partial charge on any atom is -0.0622 e. The third-order valence-corrected chi connectivity index (χ3v) is 8.21. The Morgan fingerprint density at radius 1 is 0.350 bits per heavy atom. The highest BCUT2D eigenvalue weighted by atomic mass is 14.2. The molecule has 0 fully saturated rings. The lowest BCUT2D eigenvalue weighted by Gasteiger charge is -2.20. The normalized spacial score (nSPS) is 11.9. The van der Waals surface area contributed by atoms with E-state index in [-0.39, 0.29) is 5.41 Å². The van der Waals surface area contributed by atoms with Crippen LogP contribution in [0.25, 0.3) is 65.7 Å². The highest BCUT2D eigenvalue weighted by Gasteiger charge is 2.18. The van der Waals surface area contributed by atoms with Crippen LogP contribution in [0.5, 0.6) is 0 Å². The third-order valence-electron chi connectivity index (χ3n) is 8.21. The van der Waals surface area contributed by atoms with Crippen LogP contribution >= 0.6 is 0 Å². The molecule has 0 N–H and O–H groups in total. The number of rotatable bonds is 3. The molecule has 0 aromatic heterocycles. The lowest BCUT2D eigenvalue weighted by Crippen LogP contribution is -2.10. The van der Waals surface area contributed by atoms with Gasteiger partial charge < -0.3 is 0 Å². The Bertz CT molecular complexity index is 1950. The van der Waals surface area contributed by atoms with Gasteiger partial charge in [-0.25, -0.2) is 0 Å². The molecule has 0 unspecified atom stereocenters. The van der Waals surface area contributed by atoms with E-state index in [1.165, 1.54) is 71.3 Å². The Kier molecular flexibility index (Phi) is 5.79. The quantitative estimate of drug-likeness (QED) is 0.207. The van der Waals surface area contributed by atoms with Gasteiger partial charge in [-0.1, -0.05) is 154 Å². The van der Waals surface area contributed by atoms with Crippen LogP contribution in [-0.4, -0.2) is 0 Å². The van der Waals surface area contributed by atoms with Gasteiger partial charge in [0, 0.05) is 0 Å². The van der Waals surface area contributed by atoms with Gasteiger partial charge in [0.25, 0.3) is 0 Å². The van der Waals surface area contributed by atoms with E-state index in [2.05, 4.69) is 160 Å². The molecule has 0 heteroatoms. The van der Waals surface area contributed by atoms with Crippen molar-refractivity contribution in [1.29, 1.82) is 0 Å². The summed E-state index contributed by atoms with van der Waals surface area (Å²) in [5.41, 5.74) is 9.08. The van der Waals surface area contributed by atoms with Crippen molar-refractivity contribution in [1.82, 2.24) is 0 Å². The molecule has 40 heavy (non-hydrogen) atoms. The maximum Gasteiger partial charge on any atom is -0.00262 e. The van der Waals surface area contributed by atoms with Crippen LogP contribution in [0.3, 0.4) is 0 Å². The number of benzene rings is 7. The van der Waals surface area contributed by atoms with E-state index in [1.807, 2.05) is 0 Å². The van der Waals surface area contributed by atoms with Crippen molar-refractivity contribution in [3.63, 3.8) is 0 Å². The largest absolute Gasteiger partial charge is 0.0622 e. The van der Waals surface area contributed by atoms with Gasteiger partial charge in [-0.15, -0.1) is 0 Å². The van der Waals surface area contributed by atoms with Gasteiger partial charge in [0.05, 0.1) is 0 Å². The van der Waals surface area contributed by atoms with Crippen molar-refractivity contribution >= 4 is 32.3 Å². The highest BCUT2D eigenvalue weighted by Crippen LogP contribution is 2.44. The van der Waals surface area contributed by atoms with Gasteiger partial charge in [-0.3, -0.25) is 0 Å². The van der Waals surface area contributed by atoms with Gasteiger partial charge in [-0.2, -0.15) is 0 Å². The predicted octanol–water partition coefficient (Wildman–Crippen LogP) is 11.4. The molecule has 0 bridgehead atoms. The molecule has 0 atom stereocenters. The van der Waals surface area contributed by atoms with Crippen LogP contribution in [0, 0.1) is 0 Å². The first-order valence-electron chi connectivity index (χ1n) is 14.1. The summed E-state index contributed by atoms with van der Waals surface area (Å²) in [6.07, 6.45) is 0. The molecule has 0 spiro atoms. The summed E-state index contributed by atoms with van der Waals surface area (Å²) in [7, 11) is 0. The summed E-state index contributed by atoms with van der Waals surface area (Å²) in [5, 5.41) is 7.71. The van der Waals surface area contributed by atoms with Gasteiger partial charge in [-0.05, 0) is 82.7 Å². The van der Waals surface area contributed by atoms with Crippen LogP contribution in [0.4, 0.5) is 0 Å². The lowest BCUT2D eigenvalue weighted by atomic mass is 9.84. The molecule has 0 nitrogen and oxygen atoms in total. The van der Waals surface area contributed by atoms with Crippen molar-refractivity contribution in [3.8, 4) is 33.4 Å². The van der Waals surface area contributed by atoms with E-state index in [0.29, 0.717) is 0 Å². The van der Waals surface area contributed by atoms with E-state index in [1.54, 1.807) is 0 Å². The van der Waals surface area contributed by atoms with E-state index >= 15 is 0 Å². The zero-order valence-corrected chi connectivity index (χ0v) is 23.3. The molecule has 7 aromatic carbocycles. The molecule has 0 aliphatic heterocycles. The van der Waals surface area contributed by atoms with Crippen LogP contribution in [-0.2, 0) is 5.41 Å². The fourth-order valence-corrected chi connectivity index (χ4v) is 6.08. The topological polar surface area (TPSA) is 0 Å². The van der Waals surface area contributed by atoms with Crippen LogP contribution in [0.1, 0.15) is 26.3 Å². The zero-order valence-electron chi connectivity index (χ0n) is 23.3. The zero-order chi connectivity index (χ0) is 27.3. The van der Waals surface area contributed by atoms with Gasteiger partial charge in [0.15, 0.2) is 0 Å². The Labute approximate surface area is 236 Å². The number of hydrogen-bond acceptors (Lipinski definition) is 0. The fraction of sp³-hybridized carbons (Fsp3) is 0.100. The molecule has 0 aliphatic rings. The van der Waals surface area contributed by atoms with Crippen molar-refractivity contribution in [2.24, 2.45) is 0 Å². The minimum absolute atomic E-state index is 0.133. The fourth-order valence-electron chi connectivity index (χ4n) is 6.08. The van der Waals surface area contributed by atoms with E-state index < -0.39 is 0 Å². The molecule has 7 rings (SSSR count). The second kappa shape index (κ2) is 9.50. The summed E-state index contributed by atoms with van der Waals surface area (Å²) in [6.45, 7) is 6.83. The lowest BCUT2D eigenvalue weighted by molar-refractivity contribution is 0.591. The van der Waals surface area contributed by atoms with Crippen molar-refractivity contribution in [2.45, 2.75) is 26.2 Å². The molecule has 0 radical (unpaired) electrons. The predicted molar refractivity (Wildman–Crippen MR) is 174 cm³/mol. The standard InChI is InChI=1S/C40H32/c1-40(2,3)33-24-23-30-25-32(22-21-31(30)26-33)39-36-15-9-7-13-34(36)38(35-14-8-10-16-37(35)39)29-19-17-28(18-20-29)27-11-5-4-6-12-27/h4-26H,1-3H3. The third kappa shape index (κ3) is 4.17. The first kappa shape index (κ1) is 24.4. The van der Waals surface area contributed by atoms with Crippen molar-refractivity contribution < 1.29 is 0 Å². The van der Waals surface area contributed by atoms with E-state index in [4.69, 9.17) is 0 Å². The first-order valence-corrected chi connectivity index (χ1v) is 14.1. The van der Waals surface area contributed by atoms with Gasteiger partial charge in [0.1, 0.15) is 0 Å². The molecular formula is C40H32. The van der Waals surface area contributed by atoms with Crippen molar-refractivity contribution in [2.75, 3.05) is 0 Å². The maximum atomic E-state index is 2.37. The first-order chi connectivity index (χ1) is 19.5. The molecule has 0 heterocycles. The average Bonchev–Trinajstić information content (AvgIpc) is 2.99. The van der Waals surface area contributed by atoms with Crippen molar-refractivity contribution in [3.05, 3.63) is 145 Å². The Hall–Kier alpha value is -4.68. The van der Waals surface area contributed by atoms with E-state index in [0.717, 1.165) is 0 Å². The summed E-state index contributed by atoms with van der Waals surface area (Å²) < 4.78 is 0. The van der Waals surface area contributed by atoms with Crippen LogP contribution < -0.4 is 0 Å². The van der Waals surface area contributed by atoms with Gasteiger partial charge >= 0.3 is 0 Å². The number of hydrogen-bond donors (Lipinski definition) is 0. The molecule has 0 aliphatic carbocycles. The molecule has 192 valence electrons. The molecule has 0 saturated heterocycles. The smallest absolute Gasteiger partial charge is 0.00262 e. The summed E-state index contributed by atoms with van der Waals surface area (Å²) in [5.74, 6) is 0. The molecule has 7 aromatic rings. The Morgan fingerprint density at radius 2 is 0.775 bits per heavy atom. The molecule has 0 saturated carbocycles. The molecular weight excluding hydrogens is 480 g/mol. The SMILES string of the molecule is CC(C)(C)c1ccc2cc(-c3c4ccccc4c(-c4ccc(-c5ccccc5)cc4)c4ccccc34)ccc2c1. The molecule has 0 amide bonds.